The highest BCUT2D eigenvalue weighted by Gasteiger charge is 2.08. The molecule has 0 atom stereocenters. The second-order valence-corrected chi connectivity index (χ2v) is 4.36. The van der Waals surface area contributed by atoms with Crippen LogP contribution in [-0.2, 0) is 13.2 Å². The zero-order valence-electron chi connectivity index (χ0n) is 11.5. The largest absolute Gasteiger partial charge is 0.493 e. The smallest absolute Gasteiger partial charge is 0.124 e. The van der Waals surface area contributed by atoms with Gasteiger partial charge in [0.1, 0.15) is 5.75 Å². The normalized spacial score (nSPS) is 10.7. The monoisotopic (exact) mass is 260 g/mol. The van der Waals surface area contributed by atoms with Crippen molar-refractivity contribution < 1.29 is 9.84 Å². The average molecular weight is 260 g/mol. The van der Waals surface area contributed by atoms with E-state index in [9.17, 15) is 5.11 Å². The van der Waals surface area contributed by atoms with Crippen LogP contribution in [0.25, 0.3) is 11.3 Å². The third-order valence-electron chi connectivity index (χ3n) is 3.00. The summed E-state index contributed by atoms with van der Waals surface area (Å²) in [7, 11) is 0. The molecular formula is C15H20N2O2. The number of benzene rings is 1. The fourth-order valence-electron chi connectivity index (χ4n) is 2.05. The summed E-state index contributed by atoms with van der Waals surface area (Å²) >= 11 is 0. The molecule has 2 rings (SSSR count). The Kier molecular flexibility index (Phi) is 4.58. The molecule has 1 heterocycles. The van der Waals surface area contributed by atoms with Gasteiger partial charge in [-0.2, -0.15) is 5.10 Å². The van der Waals surface area contributed by atoms with E-state index in [-0.39, 0.29) is 6.61 Å². The first-order chi connectivity index (χ1) is 9.30. The summed E-state index contributed by atoms with van der Waals surface area (Å²) in [4.78, 5) is 0. The molecule has 1 N–H and O–H groups in total. The van der Waals surface area contributed by atoms with E-state index in [1.165, 1.54) is 0 Å². The molecule has 0 fully saturated rings. The lowest BCUT2D eigenvalue weighted by atomic mass is 10.1. The number of aliphatic hydroxyl groups excluding tert-OH is 1. The minimum absolute atomic E-state index is 0.0207. The lowest BCUT2D eigenvalue weighted by Gasteiger charge is -2.12. The van der Waals surface area contributed by atoms with Gasteiger partial charge in [-0.25, -0.2) is 0 Å². The summed E-state index contributed by atoms with van der Waals surface area (Å²) in [5.74, 6) is 0.760. The number of ether oxygens (including phenoxy) is 1. The van der Waals surface area contributed by atoms with E-state index >= 15 is 0 Å². The van der Waals surface area contributed by atoms with Crippen LogP contribution in [0.15, 0.2) is 30.5 Å². The molecule has 1 aromatic carbocycles. The number of nitrogens with zero attached hydrogens (tertiary/aromatic N) is 2. The molecule has 0 aliphatic carbocycles. The van der Waals surface area contributed by atoms with Crippen LogP contribution in [0.1, 0.15) is 25.8 Å². The Labute approximate surface area is 113 Å². The lowest BCUT2D eigenvalue weighted by molar-refractivity contribution is 0.263. The number of hydrogen-bond acceptors (Lipinski definition) is 3. The molecule has 4 heteroatoms. The second kappa shape index (κ2) is 6.38. The molecule has 19 heavy (non-hydrogen) atoms. The average Bonchev–Trinajstić information content (AvgIpc) is 2.93. The zero-order valence-corrected chi connectivity index (χ0v) is 11.5. The van der Waals surface area contributed by atoms with Gasteiger partial charge in [-0.05, 0) is 37.6 Å². The topological polar surface area (TPSA) is 47.3 Å². The van der Waals surface area contributed by atoms with Crippen LogP contribution in [0.5, 0.6) is 5.75 Å². The van der Waals surface area contributed by atoms with Crippen molar-refractivity contribution in [1.82, 2.24) is 9.78 Å². The van der Waals surface area contributed by atoms with Crippen LogP contribution >= 0.6 is 0 Å². The van der Waals surface area contributed by atoms with Crippen molar-refractivity contribution in [3.63, 3.8) is 0 Å². The first-order valence-electron chi connectivity index (χ1n) is 6.68. The molecule has 0 bridgehead atoms. The number of aliphatic hydroxyl groups is 1. The first kappa shape index (κ1) is 13.6. The van der Waals surface area contributed by atoms with Crippen LogP contribution < -0.4 is 4.74 Å². The van der Waals surface area contributed by atoms with Gasteiger partial charge in [-0.15, -0.1) is 0 Å². The van der Waals surface area contributed by atoms with Gasteiger partial charge >= 0.3 is 0 Å². The Balaban J connectivity index is 2.33. The van der Waals surface area contributed by atoms with E-state index in [0.717, 1.165) is 35.5 Å². The quantitative estimate of drug-likeness (QED) is 0.868. The van der Waals surface area contributed by atoms with Gasteiger partial charge in [0.25, 0.3) is 0 Å². The molecule has 0 unspecified atom stereocenters. The van der Waals surface area contributed by atoms with E-state index in [1.807, 2.05) is 28.9 Å². The predicted molar refractivity (Wildman–Crippen MR) is 75.0 cm³/mol. The van der Waals surface area contributed by atoms with Crippen molar-refractivity contribution in [3.8, 4) is 17.0 Å². The summed E-state index contributed by atoms with van der Waals surface area (Å²) in [6.07, 6.45) is 2.74. The Morgan fingerprint density at radius 2 is 2.11 bits per heavy atom. The molecule has 0 aliphatic heterocycles. The highest BCUT2D eigenvalue weighted by Crippen LogP contribution is 2.27. The minimum atomic E-state index is -0.0207. The Hall–Kier alpha value is -1.81. The minimum Gasteiger partial charge on any atom is -0.493 e. The van der Waals surface area contributed by atoms with Crippen molar-refractivity contribution in [3.05, 3.63) is 36.0 Å². The fourth-order valence-corrected chi connectivity index (χ4v) is 2.05. The molecule has 102 valence electrons. The van der Waals surface area contributed by atoms with Crippen molar-refractivity contribution in [1.29, 1.82) is 0 Å². The molecule has 4 nitrogen and oxygen atoms in total. The van der Waals surface area contributed by atoms with E-state index in [2.05, 4.69) is 18.9 Å². The summed E-state index contributed by atoms with van der Waals surface area (Å²) in [5, 5.41) is 13.7. The van der Waals surface area contributed by atoms with Gasteiger partial charge in [0, 0.05) is 23.9 Å². The van der Waals surface area contributed by atoms with Gasteiger partial charge in [0.15, 0.2) is 0 Å². The van der Waals surface area contributed by atoms with Crippen LogP contribution in [-0.4, -0.2) is 21.5 Å². The molecule has 0 saturated carbocycles. The van der Waals surface area contributed by atoms with E-state index in [0.29, 0.717) is 6.61 Å². The maximum Gasteiger partial charge on any atom is 0.124 e. The molecule has 1 aromatic heterocycles. The number of aryl methyl sites for hydroxylation is 1. The van der Waals surface area contributed by atoms with Crippen molar-refractivity contribution in [2.45, 2.75) is 33.4 Å². The summed E-state index contributed by atoms with van der Waals surface area (Å²) in [6, 6.07) is 7.87. The van der Waals surface area contributed by atoms with Crippen LogP contribution in [0.2, 0.25) is 0 Å². The van der Waals surface area contributed by atoms with Crippen LogP contribution in [0.4, 0.5) is 0 Å². The number of rotatable bonds is 6. The SMILES string of the molecule is CCCOc1ccc(-c2ccnn2CC)cc1CO. The van der Waals surface area contributed by atoms with Crippen LogP contribution in [0.3, 0.4) is 0 Å². The van der Waals surface area contributed by atoms with Crippen molar-refractivity contribution in [2.24, 2.45) is 0 Å². The van der Waals surface area contributed by atoms with E-state index in [4.69, 9.17) is 4.74 Å². The van der Waals surface area contributed by atoms with Gasteiger partial charge in [-0.3, -0.25) is 4.68 Å². The fraction of sp³-hybridized carbons (Fsp3) is 0.400. The molecule has 0 radical (unpaired) electrons. The van der Waals surface area contributed by atoms with E-state index < -0.39 is 0 Å². The van der Waals surface area contributed by atoms with Crippen molar-refractivity contribution in [2.75, 3.05) is 6.61 Å². The Morgan fingerprint density at radius 1 is 1.26 bits per heavy atom. The van der Waals surface area contributed by atoms with Gasteiger partial charge in [0.2, 0.25) is 0 Å². The lowest BCUT2D eigenvalue weighted by Crippen LogP contribution is -2.01. The van der Waals surface area contributed by atoms with Crippen LogP contribution in [0, 0.1) is 0 Å². The predicted octanol–water partition coefficient (Wildman–Crippen LogP) is 2.85. The van der Waals surface area contributed by atoms with E-state index in [1.54, 1.807) is 6.20 Å². The third-order valence-corrected chi connectivity index (χ3v) is 3.00. The summed E-state index contributed by atoms with van der Waals surface area (Å²) in [6.45, 7) is 5.59. The van der Waals surface area contributed by atoms with Gasteiger partial charge in [-0.1, -0.05) is 6.92 Å². The van der Waals surface area contributed by atoms with Gasteiger partial charge in [0.05, 0.1) is 18.9 Å². The molecule has 0 saturated heterocycles. The summed E-state index contributed by atoms with van der Waals surface area (Å²) < 4.78 is 7.56. The number of hydrogen-bond donors (Lipinski definition) is 1. The standard InChI is InChI=1S/C15H20N2O2/c1-3-9-19-15-6-5-12(10-13(15)11-18)14-7-8-16-17(14)4-2/h5-8,10,18H,3-4,9,11H2,1-2H3. The van der Waals surface area contributed by atoms with Gasteiger partial charge < -0.3 is 9.84 Å². The second-order valence-electron chi connectivity index (χ2n) is 4.36. The molecule has 0 spiro atoms. The summed E-state index contributed by atoms with van der Waals surface area (Å²) in [5.41, 5.74) is 2.92. The zero-order chi connectivity index (χ0) is 13.7. The highest BCUT2D eigenvalue weighted by molar-refractivity contribution is 5.62. The number of aromatic nitrogens is 2. The molecule has 0 amide bonds. The maximum absolute atomic E-state index is 9.46. The third kappa shape index (κ3) is 2.96. The molecular weight excluding hydrogens is 240 g/mol. The molecule has 2 aromatic rings. The Bertz CT molecular complexity index is 535. The van der Waals surface area contributed by atoms with Crippen molar-refractivity contribution >= 4 is 0 Å². The molecule has 0 aliphatic rings. The maximum atomic E-state index is 9.46. The Morgan fingerprint density at radius 3 is 2.79 bits per heavy atom. The first-order valence-corrected chi connectivity index (χ1v) is 6.68. The highest BCUT2D eigenvalue weighted by atomic mass is 16.5.